The Morgan fingerprint density at radius 1 is 1.04 bits per heavy atom. The van der Waals surface area contributed by atoms with E-state index in [0.717, 1.165) is 24.2 Å². The molecule has 1 N–H and O–H groups in total. The average molecular weight is 316 g/mol. The number of hydrogen-bond donors (Lipinski definition) is 1. The first-order chi connectivity index (χ1) is 11.2. The number of rotatable bonds is 8. The summed E-state index contributed by atoms with van der Waals surface area (Å²) in [4.78, 5) is 0. The van der Waals surface area contributed by atoms with Crippen LogP contribution in [-0.4, -0.2) is 25.9 Å². The molecule has 0 aliphatic rings. The highest BCUT2D eigenvalue weighted by Crippen LogP contribution is 2.33. The van der Waals surface area contributed by atoms with Gasteiger partial charge in [0.1, 0.15) is 17.6 Å². The number of aliphatic hydroxyl groups is 1. The lowest BCUT2D eigenvalue weighted by atomic mass is 9.99. The van der Waals surface area contributed by atoms with Crippen molar-refractivity contribution in [3.05, 3.63) is 59.2 Å². The lowest BCUT2D eigenvalue weighted by molar-refractivity contribution is 0.121. The van der Waals surface area contributed by atoms with Crippen molar-refractivity contribution in [1.29, 1.82) is 0 Å². The highest BCUT2D eigenvalue weighted by atomic mass is 16.5. The largest absolute Gasteiger partial charge is 0.497 e. The molecule has 2 aromatic rings. The average Bonchev–Trinajstić information content (AvgIpc) is 2.61. The van der Waals surface area contributed by atoms with E-state index in [0.29, 0.717) is 23.7 Å². The van der Waals surface area contributed by atoms with Crippen molar-refractivity contribution in [3.8, 4) is 11.5 Å². The number of hydrogen-bond acceptors (Lipinski definition) is 4. The van der Waals surface area contributed by atoms with E-state index < -0.39 is 6.10 Å². The minimum Gasteiger partial charge on any atom is -0.497 e. The summed E-state index contributed by atoms with van der Waals surface area (Å²) in [6, 6.07) is 13.2. The van der Waals surface area contributed by atoms with Gasteiger partial charge in [-0.3, -0.25) is 0 Å². The van der Waals surface area contributed by atoms with Crippen molar-refractivity contribution >= 4 is 0 Å². The Labute approximate surface area is 137 Å². The zero-order valence-corrected chi connectivity index (χ0v) is 13.9. The molecular weight excluding hydrogens is 292 g/mol. The van der Waals surface area contributed by atoms with Crippen LogP contribution in [0.15, 0.2) is 42.5 Å². The first kappa shape index (κ1) is 17.3. The first-order valence-electron chi connectivity index (χ1n) is 7.76. The molecule has 4 nitrogen and oxygen atoms in total. The Bertz CT molecular complexity index is 625. The van der Waals surface area contributed by atoms with Crippen molar-refractivity contribution < 1.29 is 19.3 Å². The molecule has 0 heterocycles. The molecule has 1 unspecified atom stereocenters. The molecule has 0 aromatic heterocycles. The summed E-state index contributed by atoms with van der Waals surface area (Å²) in [6.07, 6.45) is 0.229. The molecule has 0 bridgehead atoms. The normalized spacial score (nSPS) is 12.0. The molecule has 2 rings (SSSR count). The van der Waals surface area contributed by atoms with Crippen LogP contribution in [0.1, 0.15) is 36.1 Å². The van der Waals surface area contributed by atoms with Crippen LogP contribution in [0.4, 0.5) is 0 Å². The van der Waals surface area contributed by atoms with Gasteiger partial charge in [-0.1, -0.05) is 31.2 Å². The molecule has 0 aliphatic heterocycles. The third kappa shape index (κ3) is 4.47. The van der Waals surface area contributed by atoms with Gasteiger partial charge in [0.25, 0.3) is 0 Å². The van der Waals surface area contributed by atoms with Gasteiger partial charge in [0.15, 0.2) is 0 Å². The lowest BCUT2D eigenvalue weighted by Gasteiger charge is -2.17. The molecule has 0 aliphatic carbocycles. The van der Waals surface area contributed by atoms with Gasteiger partial charge in [0, 0.05) is 18.2 Å². The van der Waals surface area contributed by atoms with Crippen LogP contribution >= 0.6 is 0 Å². The second kappa shape index (κ2) is 8.56. The monoisotopic (exact) mass is 316 g/mol. The smallest absolute Gasteiger partial charge is 0.128 e. The van der Waals surface area contributed by atoms with Crippen molar-refractivity contribution in [3.63, 3.8) is 0 Å². The summed E-state index contributed by atoms with van der Waals surface area (Å²) in [5.74, 6) is 1.30. The molecule has 0 saturated heterocycles. The van der Waals surface area contributed by atoms with Crippen LogP contribution in [0.2, 0.25) is 0 Å². The van der Waals surface area contributed by atoms with Crippen molar-refractivity contribution in [2.24, 2.45) is 0 Å². The van der Waals surface area contributed by atoms with E-state index in [2.05, 4.69) is 6.92 Å². The van der Waals surface area contributed by atoms with Crippen LogP contribution in [0.25, 0.3) is 0 Å². The van der Waals surface area contributed by atoms with Crippen LogP contribution in [0.5, 0.6) is 11.5 Å². The van der Waals surface area contributed by atoms with Gasteiger partial charge in [-0.05, 0) is 29.7 Å². The Kier molecular flexibility index (Phi) is 6.44. The topological polar surface area (TPSA) is 47.9 Å². The highest BCUT2D eigenvalue weighted by molar-refractivity contribution is 5.45. The number of methoxy groups -OCH3 is 2. The third-order valence-corrected chi connectivity index (χ3v) is 3.62. The van der Waals surface area contributed by atoms with E-state index in [9.17, 15) is 5.11 Å². The molecule has 0 fully saturated rings. The Balaban J connectivity index is 2.22. The van der Waals surface area contributed by atoms with E-state index in [-0.39, 0.29) is 0 Å². The summed E-state index contributed by atoms with van der Waals surface area (Å²) in [7, 11) is 3.19. The Morgan fingerprint density at radius 2 is 1.87 bits per heavy atom. The predicted molar refractivity (Wildman–Crippen MR) is 90.0 cm³/mol. The maximum atomic E-state index is 10.7. The van der Waals surface area contributed by atoms with Crippen LogP contribution in [-0.2, 0) is 11.3 Å². The Hall–Kier alpha value is -2.04. The predicted octanol–water partition coefficient (Wildman–Crippen LogP) is 3.71. The summed E-state index contributed by atoms with van der Waals surface area (Å²) >= 11 is 0. The molecule has 0 amide bonds. The minimum atomic E-state index is -0.762. The van der Waals surface area contributed by atoms with E-state index in [4.69, 9.17) is 14.2 Å². The minimum absolute atomic E-state index is 0.550. The van der Waals surface area contributed by atoms with Gasteiger partial charge in [0.05, 0.1) is 20.8 Å². The van der Waals surface area contributed by atoms with Gasteiger partial charge in [0.2, 0.25) is 0 Å². The maximum absolute atomic E-state index is 10.7. The van der Waals surface area contributed by atoms with E-state index >= 15 is 0 Å². The second-order valence-corrected chi connectivity index (χ2v) is 5.31. The quantitative estimate of drug-likeness (QED) is 0.754. The Morgan fingerprint density at radius 3 is 2.57 bits per heavy atom. The summed E-state index contributed by atoms with van der Waals surface area (Å²) in [5, 5.41) is 10.7. The highest BCUT2D eigenvalue weighted by Gasteiger charge is 2.16. The van der Waals surface area contributed by atoms with Gasteiger partial charge < -0.3 is 19.3 Å². The van der Waals surface area contributed by atoms with Crippen molar-refractivity contribution in [2.75, 3.05) is 20.8 Å². The molecule has 0 saturated carbocycles. The van der Waals surface area contributed by atoms with Crippen molar-refractivity contribution in [2.45, 2.75) is 26.1 Å². The van der Waals surface area contributed by atoms with Gasteiger partial charge in [-0.15, -0.1) is 0 Å². The molecule has 1 atom stereocenters. The van der Waals surface area contributed by atoms with Gasteiger partial charge >= 0.3 is 0 Å². The molecular formula is C19H24O4. The SMILES string of the molecule is CCCOCc1cccc(C(O)c2ccc(OC)cc2OC)c1. The van der Waals surface area contributed by atoms with Crippen molar-refractivity contribution in [1.82, 2.24) is 0 Å². The fraction of sp³-hybridized carbons (Fsp3) is 0.368. The molecule has 2 aromatic carbocycles. The number of aliphatic hydroxyl groups excluding tert-OH is 1. The fourth-order valence-corrected chi connectivity index (χ4v) is 2.41. The van der Waals surface area contributed by atoms with E-state index in [1.807, 2.05) is 36.4 Å². The van der Waals surface area contributed by atoms with Gasteiger partial charge in [-0.25, -0.2) is 0 Å². The summed E-state index contributed by atoms with van der Waals surface area (Å²) in [6.45, 7) is 3.36. The lowest BCUT2D eigenvalue weighted by Crippen LogP contribution is -2.04. The van der Waals surface area contributed by atoms with Crippen LogP contribution in [0.3, 0.4) is 0 Å². The summed E-state index contributed by atoms with van der Waals surface area (Å²) in [5.41, 5.74) is 2.56. The molecule has 4 heteroatoms. The summed E-state index contributed by atoms with van der Waals surface area (Å²) < 4.78 is 16.1. The standard InChI is InChI=1S/C19H24O4/c1-4-10-23-13-14-6-5-7-15(11-14)19(20)17-9-8-16(21-2)12-18(17)22-3/h5-9,11-12,19-20H,4,10,13H2,1-3H3. The van der Waals surface area contributed by atoms with E-state index in [1.165, 1.54) is 0 Å². The molecule has 23 heavy (non-hydrogen) atoms. The fourth-order valence-electron chi connectivity index (χ4n) is 2.41. The molecule has 0 radical (unpaired) electrons. The van der Waals surface area contributed by atoms with Gasteiger partial charge in [-0.2, -0.15) is 0 Å². The first-order valence-corrected chi connectivity index (χ1v) is 7.76. The zero-order chi connectivity index (χ0) is 16.7. The van der Waals surface area contributed by atoms with E-state index in [1.54, 1.807) is 20.3 Å². The second-order valence-electron chi connectivity index (χ2n) is 5.31. The maximum Gasteiger partial charge on any atom is 0.128 e. The molecule has 124 valence electrons. The molecule has 0 spiro atoms. The number of ether oxygens (including phenoxy) is 3. The zero-order valence-electron chi connectivity index (χ0n) is 13.9. The number of benzene rings is 2. The van der Waals surface area contributed by atoms with Crippen LogP contribution < -0.4 is 9.47 Å². The third-order valence-electron chi connectivity index (χ3n) is 3.62. The van der Waals surface area contributed by atoms with Crippen LogP contribution in [0, 0.1) is 0 Å².